The lowest BCUT2D eigenvalue weighted by atomic mass is 10.2. The molecule has 0 aliphatic carbocycles. The lowest BCUT2D eigenvalue weighted by molar-refractivity contribution is 1.44. The Morgan fingerprint density at radius 2 is 1.72 bits per heavy atom. The van der Waals surface area contributed by atoms with Crippen LogP contribution in [0.3, 0.4) is 0 Å². The summed E-state index contributed by atoms with van der Waals surface area (Å²) >= 11 is 1.72. The second-order valence-corrected chi connectivity index (χ2v) is 4.57. The summed E-state index contributed by atoms with van der Waals surface area (Å²) in [6, 6.07) is 17.5. The molecule has 0 aliphatic rings. The number of hydrogen-bond acceptors (Lipinski definition) is 3. The molecule has 0 radical (unpaired) electrons. The fourth-order valence-electron chi connectivity index (χ4n) is 1.46. The minimum absolute atomic E-state index is 0.651. The van der Waals surface area contributed by atoms with Gasteiger partial charge in [0.15, 0.2) is 0 Å². The van der Waals surface area contributed by atoms with Crippen molar-refractivity contribution in [3.8, 4) is 6.07 Å². The zero-order chi connectivity index (χ0) is 12.8. The Balaban J connectivity index is 2.11. The topological polar surface area (TPSA) is 36.1 Å². The van der Waals surface area contributed by atoms with Gasteiger partial charge in [0.1, 0.15) is 0 Å². The normalized spacial score (nSPS) is 10.4. The van der Waals surface area contributed by atoms with Crippen LogP contribution in [-0.2, 0) is 0 Å². The summed E-state index contributed by atoms with van der Waals surface area (Å²) < 4.78 is 0. The quantitative estimate of drug-likeness (QED) is 0.610. The predicted molar refractivity (Wildman–Crippen MR) is 76.6 cm³/mol. The molecule has 0 saturated carbocycles. The first kappa shape index (κ1) is 12.4. The largest absolute Gasteiger partial charge is 0.256 e. The highest BCUT2D eigenvalue weighted by molar-refractivity contribution is 7.98. The van der Waals surface area contributed by atoms with Gasteiger partial charge in [-0.2, -0.15) is 5.26 Å². The van der Waals surface area contributed by atoms with E-state index in [1.807, 2.05) is 30.5 Å². The van der Waals surface area contributed by atoms with Gasteiger partial charge in [0.2, 0.25) is 0 Å². The number of benzene rings is 2. The molecule has 2 aromatic carbocycles. The molecular formula is C15H12N2S. The molecule has 0 bridgehead atoms. The molecule has 0 aromatic heterocycles. The van der Waals surface area contributed by atoms with E-state index in [1.165, 1.54) is 4.90 Å². The van der Waals surface area contributed by atoms with Gasteiger partial charge in [-0.1, -0.05) is 12.1 Å². The van der Waals surface area contributed by atoms with Crippen LogP contribution in [0.5, 0.6) is 0 Å². The van der Waals surface area contributed by atoms with Crippen molar-refractivity contribution in [2.75, 3.05) is 6.26 Å². The van der Waals surface area contributed by atoms with Gasteiger partial charge in [-0.3, -0.25) is 4.99 Å². The van der Waals surface area contributed by atoms with Crippen molar-refractivity contribution in [2.24, 2.45) is 4.99 Å². The first-order valence-electron chi connectivity index (χ1n) is 5.50. The number of nitriles is 1. The van der Waals surface area contributed by atoms with Crippen LogP contribution in [0.2, 0.25) is 0 Å². The van der Waals surface area contributed by atoms with Gasteiger partial charge in [-0.25, -0.2) is 0 Å². The molecule has 2 aromatic rings. The Morgan fingerprint density at radius 3 is 2.28 bits per heavy atom. The summed E-state index contributed by atoms with van der Waals surface area (Å²) in [5, 5.41) is 8.70. The van der Waals surface area contributed by atoms with E-state index < -0.39 is 0 Å². The summed E-state index contributed by atoms with van der Waals surface area (Å²) in [6.07, 6.45) is 3.88. The number of aliphatic imine (C=N–C) groups is 1. The molecule has 2 rings (SSSR count). The highest BCUT2D eigenvalue weighted by atomic mass is 32.2. The van der Waals surface area contributed by atoms with Crippen molar-refractivity contribution in [1.29, 1.82) is 5.26 Å². The van der Waals surface area contributed by atoms with Crippen molar-refractivity contribution in [1.82, 2.24) is 0 Å². The van der Waals surface area contributed by atoms with E-state index in [9.17, 15) is 0 Å². The summed E-state index contributed by atoms with van der Waals surface area (Å²) in [5.74, 6) is 0. The minimum atomic E-state index is 0.651. The fourth-order valence-corrected chi connectivity index (χ4v) is 1.87. The second kappa shape index (κ2) is 6.04. The molecule has 0 N–H and O–H groups in total. The van der Waals surface area contributed by atoms with Crippen LogP contribution >= 0.6 is 11.8 Å². The SMILES string of the molecule is CSc1ccc(C=Nc2ccc(C#N)cc2)cc1. The number of rotatable bonds is 3. The Bertz CT molecular complexity index is 577. The van der Waals surface area contributed by atoms with Gasteiger partial charge in [0.25, 0.3) is 0 Å². The zero-order valence-corrected chi connectivity index (χ0v) is 10.8. The highest BCUT2D eigenvalue weighted by Gasteiger charge is 1.92. The van der Waals surface area contributed by atoms with Gasteiger partial charge >= 0.3 is 0 Å². The Hall–Kier alpha value is -2.05. The van der Waals surface area contributed by atoms with Crippen molar-refractivity contribution in [2.45, 2.75) is 4.90 Å². The van der Waals surface area contributed by atoms with E-state index in [-0.39, 0.29) is 0 Å². The van der Waals surface area contributed by atoms with Crippen LogP contribution in [0.4, 0.5) is 5.69 Å². The van der Waals surface area contributed by atoms with Gasteiger partial charge < -0.3 is 0 Å². The summed E-state index contributed by atoms with van der Waals surface area (Å²) in [4.78, 5) is 5.61. The molecule has 0 aliphatic heterocycles. The van der Waals surface area contributed by atoms with E-state index in [2.05, 4.69) is 29.5 Å². The fraction of sp³-hybridized carbons (Fsp3) is 0.0667. The van der Waals surface area contributed by atoms with Crippen molar-refractivity contribution in [3.63, 3.8) is 0 Å². The molecule has 18 heavy (non-hydrogen) atoms. The lowest BCUT2D eigenvalue weighted by Crippen LogP contribution is -1.80. The van der Waals surface area contributed by atoms with Crippen LogP contribution in [0.1, 0.15) is 11.1 Å². The lowest BCUT2D eigenvalue weighted by Gasteiger charge is -1.97. The molecule has 0 saturated heterocycles. The molecule has 0 amide bonds. The third-order valence-corrected chi connectivity index (χ3v) is 3.22. The van der Waals surface area contributed by atoms with Gasteiger partial charge in [-0.05, 0) is 48.2 Å². The summed E-state index contributed by atoms with van der Waals surface area (Å²) in [7, 11) is 0. The Kier molecular flexibility index (Phi) is 4.16. The first-order valence-corrected chi connectivity index (χ1v) is 6.72. The number of nitrogens with zero attached hydrogens (tertiary/aromatic N) is 2. The Morgan fingerprint density at radius 1 is 1.06 bits per heavy atom. The van der Waals surface area contributed by atoms with Crippen LogP contribution in [0, 0.1) is 11.3 Å². The smallest absolute Gasteiger partial charge is 0.0991 e. The average molecular weight is 252 g/mol. The third-order valence-electron chi connectivity index (χ3n) is 2.47. The van der Waals surface area contributed by atoms with E-state index in [0.29, 0.717) is 5.56 Å². The predicted octanol–water partition coefficient (Wildman–Crippen LogP) is 4.03. The average Bonchev–Trinajstić information content (AvgIpc) is 2.46. The van der Waals surface area contributed by atoms with Crippen LogP contribution in [-0.4, -0.2) is 12.5 Å². The van der Waals surface area contributed by atoms with E-state index >= 15 is 0 Å². The third kappa shape index (κ3) is 3.22. The minimum Gasteiger partial charge on any atom is -0.256 e. The number of thioether (sulfide) groups is 1. The van der Waals surface area contributed by atoms with Gasteiger partial charge in [0.05, 0.1) is 17.3 Å². The van der Waals surface area contributed by atoms with Gasteiger partial charge in [-0.15, -0.1) is 11.8 Å². The van der Waals surface area contributed by atoms with E-state index in [1.54, 1.807) is 23.9 Å². The molecule has 0 heterocycles. The highest BCUT2D eigenvalue weighted by Crippen LogP contribution is 2.15. The molecular weight excluding hydrogens is 240 g/mol. The molecule has 0 spiro atoms. The van der Waals surface area contributed by atoms with Crippen LogP contribution in [0.25, 0.3) is 0 Å². The molecule has 0 fully saturated rings. The summed E-state index contributed by atoms with van der Waals surface area (Å²) in [5.41, 5.74) is 2.57. The second-order valence-electron chi connectivity index (χ2n) is 3.69. The molecule has 0 atom stereocenters. The van der Waals surface area contributed by atoms with Crippen molar-refractivity contribution < 1.29 is 0 Å². The zero-order valence-electron chi connectivity index (χ0n) is 10.00. The first-order chi connectivity index (χ1) is 8.81. The van der Waals surface area contributed by atoms with Crippen molar-refractivity contribution >= 4 is 23.7 Å². The number of hydrogen-bond donors (Lipinski definition) is 0. The van der Waals surface area contributed by atoms with Crippen molar-refractivity contribution in [3.05, 3.63) is 59.7 Å². The Labute approximate surface area is 111 Å². The van der Waals surface area contributed by atoms with Gasteiger partial charge in [0, 0.05) is 11.1 Å². The maximum absolute atomic E-state index is 8.70. The van der Waals surface area contributed by atoms with E-state index in [0.717, 1.165) is 11.3 Å². The maximum Gasteiger partial charge on any atom is 0.0991 e. The van der Waals surface area contributed by atoms with E-state index in [4.69, 9.17) is 5.26 Å². The molecule has 88 valence electrons. The standard InChI is InChI=1S/C15H12N2S/c1-18-15-8-4-13(5-9-15)11-17-14-6-2-12(10-16)3-7-14/h2-9,11H,1H3. The molecule has 0 unspecified atom stereocenters. The monoisotopic (exact) mass is 252 g/mol. The van der Waals surface area contributed by atoms with Crippen LogP contribution in [0.15, 0.2) is 58.4 Å². The summed E-state index contributed by atoms with van der Waals surface area (Å²) in [6.45, 7) is 0. The van der Waals surface area contributed by atoms with Crippen LogP contribution < -0.4 is 0 Å². The molecule has 3 heteroatoms. The molecule has 2 nitrogen and oxygen atoms in total. The maximum atomic E-state index is 8.70.